The van der Waals surface area contributed by atoms with Crippen molar-refractivity contribution in [3.63, 3.8) is 0 Å². The van der Waals surface area contributed by atoms with Gasteiger partial charge in [-0.25, -0.2) is 14.2 Å². The molecule has 146 valence electrons. The van der Waals surface area contributed by atoms with E-state index < -0.39 is 18.0 Å². The zero-order valence-corrected chi connectivity index (χ0v) is 14.1. The molecule has 2 atom stereocenters. The fraction of sp³-hybridized carbons (Fsp3) is 0.625. The summed E-state index contributed by atoms with van der Waals surface area (Å²) in [6.07, 6.45) is -0.634. The molecule has 0 amide bonds. The second-order valence-electron chi connectivity index (χ2n) is 6.37. The zero-order chi connectivity index (χ0) is 19.4. The smallest absolute Gasteiger partial charge is 0.475 e. The van der Waals surface area contributed by atoms with Gasteiger partial charge in [-0.3, -0.25) is 0 Å². The summed E-state index contributed by atoms with van der Waals surface area (Å²) in [5.41, 5.74) is -0.108. The Morgan fingerprint density at radius 2 is 2.19 bits per heavy atom. The van der Waals surface area contributed by atoms with Crippen LogP contribution in [0.3, 0.4) is 0 Å². The minimum atomic E-state index is -5.08. The van der Waals surface area contributed by atoms with Crippen molar-refractivity contribution in [3.05, 3.63) is 24.1 Å². The molecule has 0 radical (unpaired) electrons. The molecule has 2 aliphatic rings. The van der Waals surface area contributed by atoms with Crippen LogP contribution in [-0.2, 0) is 9.53 Å². The highest BCUT2D eigenvalue weighted by atomic mass is 19.4. The van der Waals surface area contributed by atoms with E-state index >= 15 is 0 Å². The van der Waals surface area contributed by atoms with Crippen molar-refractivity contribution < 1.29 is 36.9 Å². The number of carboxylic acids is 1. The van der Waals surface area contributed by atoms with E-state index in [0.29, 0.717) is 6.61 Å². The largest absolute Gasteiger partial charge is 0.490 e. The van der Waals surface area contributed by atoms with E-state index in [1.54, 1.807) is 12.3 Å². The molecule has 2 saturated heterocycles. The predicted octanol–water partition coefficient (Wildman–Crippen LogP) is 2.49. The van der Waals surface area contributed by atoms with Crippen molar-refractivity contribution in [2.24, 2.45) is 0 Å². The number of hydrogen-bond donors (Lipinski definition) is 1. The number of carboxylic acid groups (broad SMARTS) is 1. The first-order valence-electron chi connectivity index (χ1n) is 8.01. The predicted molar refractivity (Wildman–Crippen MR) is 82.3 cm³/mol. The number of rotatable bonds is 2. The summed E-state index contributed by atoms with van der Waals surface area (Å²) >= 11 is 0. The van der Waals surface area contributed by atoms with Crippen LogP contribution in [-0.4, -0.2) is 65.6 Å². The lowest BCUT2D eigenvalue weighted by molar-refractivity contribution is -0.192. The number of likely N-dealkylation sites (tertiary alicyclic amines) is 1. The first-order valence-corrected chi connectivity index (χ1v) is 8.01. The fourth-order valence-electron chi connectivity index (χ4n) is 3.10. The topological polar surface area (TPSA) is 71.9 Å². The SMILES string of the molecule is CN1CCC[C@]2(C[C@@H](Oc3ncccc3F)CO2)C1.O=C(O)C(F)(F)F. The summed E-state index contributed by atoms with van der Waals surface area (Å²) in [4.78, 5) is 15.1. The number of pyridine rings is 1. The minimum Gasteiger partial charge on any atom is -0.475 e. The Morgan fingerprint density at radius 1 is 1.50 bits per heavy atom. The van der Waals surface area contributed by atoms with Crippen molar-refractivity contribution in [3.8, 4) is 5.88 Å². The van der Waals surface area contributed by atoms with Crippen molar-refractivity contribution >= 4 is 5.97 Å². The molecular formula is C16H20F4N2O4. The highest BCUT2D eigenvalue weighted by Gasteiger charge is 2.44. The second kappa shape index (κ2) is 8.17. The Balaban J connectivity index is 0.000000298. The Hall–Kier alpha value is -1.94. The average molecular weight is 380 g/mol. The standard InChI is InChI=1S/C14H19FN2O2.C2HF3O2/c1-17-7-3-5-14(10-17)8-11(9-18-14)19-13-12(15)4-2-6-16-13;3-2(4,5)1(6)7/h2,4,6,11H,3,5,7-10H2,1H3;(H,6,7)/t11-,14+;/m1./s1. The van der Waals surface area contributed by atoms with E-state index in [1.807, 2.05) is 0 Å². The molecule has 1 spiro atoms. The summed E-state index contributed by atoms with van der Waals surface area (Å²) < 4.78 is 56.8. The lowest BCUT2D eigenvalue weighted by Gasteiger charge is -2.37. The van der Waals surface area contributed by atoms with Gasteiger partial charge in [-0.2, -0.15) is 13.2 Å². The van der Waals surface area contributed by atoms with Gasteiger partial charge in [0.05, 0.1) is 12.2 Å². The molecule has 0 bridgehead atoms. The molecule has 0 unspecified atom stereocenters. The zero-order valence-electron chi connectivity index (χ0n) is 14.1. The van der Waals surface area contributed by atoms with Gasteiger partial charge in [0.15, 0.2) is 5.82 Å². The number of ether oxygens (including phenoxy) is 2. The van der Waals surface area contributed by atoms with Gasteiger partial charge in [0.2, 0.25) is 0 Å². The maximum absolute atomic E-state index is 13.5. The maximum Gasteiger partial charge on any atom is 0.490 e. The van der Waals surface area contributed by atoms with E-state index in [0.717, 1.165) is 32.4 Å². The van der Waals surface area contributed by atoms with Gasteiger partial charge in [-0.15, -0.1) is 0 Å². The molecule has 2 fully saturated rings. The number of aromatic nitrogens is 1. The molecule has 1 aromatic rings. The third kappa shape index (κ3) is 5.53. The molecule has 26 heavy (non-hydrogen) atoms. The van der Waals surface area contributed by atoms with Crippen LogP contribution in [0.5, 0.6) is 5.88 Å². The van der Waals surface area contributed by atoms with Crippen LogP contribution in [0.1, 0.15) is 19.3 Å². The molecule has 6 nitrogen and oxygen atoms in total. The van der Waals surface area contributed by atoms with Crippen LogP contribution < -0.4 is 4.74 Å². The van der Waals surface area contributed by atoms with Crippen LogP contribution in [0.15, 0.2) is 18.3 Å². The number of carbonyl (C=O) groups is 1. The maximum atomic E-state index is 13.5. The van der Waals surface area contributed by atoms with E-state index in [-0.39, 0.29) is 17.6 Å². The summed E-state index contributed by atoms with van der Waals surface area (Å²) in [5.74, 6) is -3.09. The fourth-order valence-corrected chi connectivity index (χ4v) is 3.10. The van der Waals surface area contributed by atoms with E-state index in [2.05, 4.69) is 16.9 Å². The van der Waals surface area contributed by atoms with Crippen molar-refractivity contribution in [2.45, 2.75) is 37.1 Å². The quantitative estimate of drug-likeness (QED) is 0.795. The van der Waals surface area contributed by atoms with Gasteiger partial charge in [0.25, 0.3) is 5.88 Å². The first kappa shape index (κ1) is 20.4. The van der Waals surface area contributed by atoms with Crippen LogP contribution in [0, 0.1) is 5.82 Å². The number of piperidine rings is 1. The average Bonchev–Trinajstić information content (AvgIpc) is 2.91. The van der Waals surface area contributed by atoms with E-state index in [1.165, 1.54) is 6.07 Å². The van der Waals surface area contributed by atoms with Crippen LogP contribution >= 0.6 is 0 Å². The number of likely N-dealkylation sites (N-methyl/N-ethyl adjacent to an activating group) is 1. The Labute approximate surface area is 147 Å². The highest BCUT2D eigenvalue weighted by molar-refractivity contribution is 5.73. The number of hydrogen-bond acceptors (Lipinski definition) is 5. The summed E-state index contributed by atoms with van der Waals surface area (Å²) in [6, 6.07) is 2.92. The Kier molecular flexibility index (Phi) is 6.40. The summed E-state index contributed by atoms with van der Waals surface area (Å²) in [6.45, 7) is 2.56. The summed E-state index contributed by atoms with van der Waals surface area (Å²) in [5, 5.41) is 7.12. The van der Waals surface area contributed by atoms with Crippen molar-refractivity contribution in [2.75, 3.05) is 26.7 Å². The summed E-state index contributed by atoms with van der Waals surface area (Å²) in [7, 11) is 2.11. The lowest BCUT2D eigenvalue weighted by Crippen LogP contribution is -2.46. The minimum absolute atomic E-state index is 0.0808. The van der Waals surface area contributed by atoms with Crippen LogP contribution in [0.4, 0.5) is 17.6 Å². The second-order valence-corrected chi connectivity index (χ2v) is 6.37. The molecule has 3 heterocycles. The molecular weight excluding hydrogens is 360 g/mol. The van der Waals surface area contributed by atoms with Gasteiger partial charge >= 0.3 is 12.1 Å². The number of nitrogens with zero attached hydrogens (tertiary/aromatic N) is 2. The van der Waals surface area contributed by atoms with Crippen LogP contribution in [0.25, 0.3) is 0 Å². The van der Waals surface area contributed by atoms with Gasteiger partial charge in [0, 0.05) is 19.2 Å². The highest BCUT2D eigenvalue weighted by Crippen LogP contribution is 2.35. The normalized spacial score (nSPS) is 26.3. The van der Waals surface area contributed by atoms with Crippen molar-refractivity contribution in [1.82, 2.24) is 9.88 Å². The third-order valence-electron chi connectivity index (χ3n) is 4.15. The Morgan fingerprint density at radius 3 is 2.77 bits per heavy atom. The van der Waals surface area contributed by atoms with Gasteiger partial charge in [-0.05, 0) is 38.6 Å². The van der Waals surface area contributed by atoms with Crippen LogP contribution in [0.2, 0.25) is 0 Å². The molecule has 3 rings (SSSR count). The molecule has 2 aliphatic heterocycles. The number of aliphatic carboxylic acids is 1. The molecule has 0 aliphatic carbocycles. The van der Waals surface area contributed by atoms with E-state index in [9.17, 15) is 17.6 Å². The van der Waals surface area contributed by atoms with Gasteiger partial charge < -0.3 is 19.5 Å². The molecule has 1 aromatic heterocycles. The monoisotopic (exact) mass is 380 g/mol. The molecule has 0 aromatic carbocycles. The Bertz CT molecular complexity index is 629. The van der Waals surface area contributed by atoms with Gasteiger partial charge in [-0.1, -0.05) is 0 Å². The third-order valence-corrected chi connectivity index (χ3v) is 4.15. The molecule has 0 saturated carbocycles. The molecule has 1 N–H and O–H groups in total. The number of halogens is 4. The number of alkyl halides is 3. The van der Waals surface area contributed by atoms with E-state index in [4.69, 9.17) is 19.4 Å². The lowest BCUT2D eigenvalue weighted by atomic mass is 9.89. The first-order chi connectivity index (χ1) is 12.1. The molecule has 10 heteroatoms. The van der Waals surface area contributed by atoms with Crippen molar-refractivity contribution in [1.29, 1.82) is 0 Å². The van der Waals surface area contributed by atoms with Gasteiger partial charge in [0.1, 0.15) is 6.10 Å².